The maximum atomic E-state index is 2.47. The second-order valence-electron chi connectivity index (χ2n) is 4.89. The van der Waals surface area contributed by atoms with Gasteiger partial charge < -0.3 is 0 Å². The predicted molar refractivity (Wildman–Crippen MR) is 55.1 cm³/mol. The Morgan fingerprint density at radius 1 is 1.25 bits per heavy atom. The summed E-state index contributed by atoms with van der Waals surface area (Å²) in [7, 11) is 0. The van der Waals surface area contributed by atoms with Gasteiger partial charge >= 0.3 is 0 Å². The molecule has 0 aromatic carbocycles. The van der Waals surface area contributed by atoms with Gasteiger partial charge in [-0.1, -0.05) is 40.5 Å². The third-order valence-corrected chi connectivity index (χ3v) is 3.81. The van der Waals surface area contributed by atoms with Crippen molar-refractivity contribution in [3.8, 4) is 0 Å². The van der Waals surface area contributed by atoms with Crippen LogP contribution in [0.1, 0.15) is 53.4 Å². The van der Waals surface area contributed by atoms with Gasteiger partial charge in [0.15, 0.2) is 0 Å². The van der Waals surface area contributed by atoms with Crippen molar-refractivity contribution in [1.29, 1.82) is 0 Å². The summed E-state index contributed by atoms with van der Waals surface area (Å²) in [5.41, 5.74) is 0. The van der Waals surface area contributed by atoms with Gasteiger partial charge in [0.05, 0.1) is 0 Å². The van der Waals surface area contributed by atoms with E-state index in [-0.39, 0.29) is 0 Å². The highest BCUT2D eigenvalue weighted by molar-refractivity contribution is 4.83. The van der Waals surface area contributed by atoms with E-state index in [2.05, 4.69) is 27.7 Å². The van der Waals surface area contributed by atoms with Crippen LogP contribution in [-0.4, -0.2) is 0 Å². The van der Waals surface area contributed by atoms with Crippen molar-refractivity contribution in [2.75, 3.05) is 0 Å². The molecule has 0 N–H and O–H groups in total. The van der Waals surface area contributed by atoms with Crippen LogP contribution in [0.15, 0.2) is 0 Å². The lowest BCUT2D eigenvalue weighted by atomic mass is 9.83. The average Bonchev–Trinajstić information content (AvgIpc) is 2.34. The highest BCUT2D eigenvalue weighted by atomic mass is 14.4. The Labute approximate surface area is 77.7 Å². The Kier molecular flexibility index (Phi) is 3.61. The smallest absolute Gasteiger partial charge is 0.0363 e. The molecule has 1 aliphatic rings. The van der Waals surface area contributed by atoms with Crippen molar-refractivity contribution >= 4 is 0 Å². The normalized spacial score (nSPS) is 36.2. The Morgan fingerprint density at radius 2 is 1.92 bits per heavy atom. The lowest BCUT2D eigenvalue weighted by Gasteiger charge is -2.23. The summed E-state index contributed by atoms with van der Waals surface area (Å²) in [6.45, 7) is 9.55. The fourth-order valence-electron chi connectivity index (χ4n) is 3.00. The molecule has 3 atom stereocenters. The second-order valence-corrected chi connectivity index (χ2v) is 4.89. The van der Waals surface area contributed by atoms with Crippen LogP contribution in [0.2, 0.25) is 0 Å². The zero-order valence-corrected chi connectivity index (χ0v) is 9.14. The molecule has 1 rings (SSSR count). The van der Waals surface area contributed by atoms with Gasteiger partial charge in [0, 0.05) is 0 Å². The minimum atomic E-state index is 0.904. The minimum Gasteiger partial charge on any atom is -0.0654 e. The molecule has 0 nitrogen and oxygen atoms in total. The number of hydrogen-bond acceptors (Lipinski definition) is 0. The van der Waals surface area contributed by atoms with E-state index in [0.717, 1.165) is 23.7 Å². The molecule has 2 unspecified atom stereocenters. The average molecular weight is 168 g/mol. The van der Waals surface area contributed by atoms with E-state index in [4.69, 9.17) is 0 Å². The highest BCUT2D eigenvalue weighted by Crippen LogP contribution is 2.42. The molecule has 0 amide bonds. The molecule has 72 valence electrons. The van der Waals surface area contributed by atoms with Crippen molar-refractivity contribution in [3.05, 3.63) is 0 Å². The molecule has 0 bridgehead atoms. The van der Waals surface area contributed by atoms with Crippen LogP contribution in [-0.2, 0) is 0 Å². The third kappa shape index (κ3) is 2.02. The summed E-state index contributed by atoms with van der Waals surface area (Å²) in [6.07, 6.45) is 5.82. The van der Waals surface area contributed by atoms with Gasteiger partial charge in [-0.3, -0.25) is 0 Å². The van der Waals surface area contributed by atoms with Crippen LogP contribution >= 0.6 is 0 Å². The second kappa shape index (κ2) is 4.30. The Balaban J connectivity index is 2.43. The lowest BCUT2D eigenvalue weighted by molar-refractivity contribution is 0.264. The summed E-state index contributed by atoms with van der Waals surface area (Å²) in [5, 5.41) is 0. The minimum absolute atomic E-state index is 0.904. The van der Waals surface area contributed by atoms with Crippen LogP contribution in [0, 0.1) is 23.7 Å². The van der Waals surface area contributed by atoms with Crippen LogP contribution in [0.4, 0.5) is 0 Å². The van der Waals surface area contributed by atoms with E-state index in [0.29, 0.717) is 0 Å². The van der Waals surface area contributed by atoms with Gasteiger partial charge in [0.1, 0.15) is 0 Å². The summed E-state index contributed by atoms with van der Waals surface area (Å²) >= 11 is 0. The molecule has 0 aliphatic heterocycles. The first kappa shape index (κ1) is 10.1. The van der Waals surface area contributed by atoms with Gasteiger partial charge in [0.2, 0.25) is 0 Å². The molecule has 0 saturated heterocycles. The Morgan fingerprint density at radius 3 is 2.33 bits per heavy atom. The fourth-order valence-corrected chi connectivity index (χ4v) is 3.00. The number of rotatable bonds is 3. The lowest BCUT2D eigenvalue weighted by Crippen LogP contribution is -2.15. The van der Waals surface area contributed by atoms with E-state index in [1.165, 1.54) is 25.7 Å². The van der Waals surface area contributed by atoms with Gasteiger partial charge in [-0.25, -0.2) is 0 Å². The van der Waals surface area contributed by atoms with Crippen molar-refractivity contribution in [1.82, 2.24) is 0 Å². The summed E-state index contributed by atoms with van der Waals surface area (Å²) < 4.78 is 0. The Hall–Kier alpha value is 0. The molecule has 1 saturated carbocycles. The molecule has 0 aromatic heterocycles. The topological polar surface area (TPSA) is 0 Å². The largest absolute Gasteiger partial charge is 0.0654 e. The first-order valence-corrected chi connectivity index (χ1v) is 5.66. The zero-order valence-electron chi connectivity index (χ0n) is 9.14. The molecule has 1 fully saturated rings. The molecular weight excluding hydrogens is 144 g/mol. The molecule has 0 spiro atoms. The standard InChI is InChI=1S/C12H24/c1-5-6-11-7-8-12(9(2)3)10(11)4/h9-12H,5-8H2,1-4H3/t10-,11?,12?/m1/s1. The van der Waals surface area contributed by atoms with E-state index in [1.807, 2.05) is 0 Å². The molecule has 0 heteroatoms. The van der Waals surface area contributed by atoms with Crippen LogP contribution in [0.3, 0.4) is 0 Å². The predicted octanol–water partition coefficient (Wildman–Crippen LogP) is 4.10. The van der Waals surface area contributed by atoms with E-state index in [9.17, 15) is 0 Å². The van der Waals surface area contributed by atoms with Crippen LogP contribution in [0.25, 0.3) is 0 Å². The third-order valence-electron chi connectivity index (χ3n) is 3.81. The van der Waals surface area contributed by atoms with E-state index < -0.39 is 0 Å². The summed E-state index contributed by atoms with van der Waals surface area (Å²) in [6, 6.07) is 0. The highest BCUT2D eigenvalue weighted by Gasteiger charge is 2.33. The SMILES string of the molecule is CCCC1CCC(C(C)C)[C@@H]1C. The zero-order chi connectivity index (χ0) is 9.14. The number of hydrogen-bond donors (Lipinski definition) is 0. The first-order chi connectivity index (χ1) is 5.66. The van der Waals surface area contributed by atoms with E-state index in [1.54, 1.807) is 0 Å². The van der Waals surface area contributed by atoms with Crippen molar-refractivity contribution < 1.29 is 0 Å². The van der Waals surface area contributed by atoms with Crippen molar-refractivity contribution in [2.45, 2.75) is 53.4 Å². The summed E-state index contributed by atoms with van der Waals surface area (Å²) in [5.74, 6) is 3.95. The van der Waals surface area contributed by atoms with Gasteiger partial charge in [-0.2, -0.15) is 0 Å². The molecule has 1 aliphatic carbocycles. The van der Waals surface area contributed by atoms with Crippen molar-refractivity contribution in [3.63, 3.8) is 0 Å². The maximum Gasteiger partial charge on any atom is -0.0363 e. The Bertz CT molecular complexity index is 126. The molecule has 0 radical (unpaired) electrons. The van der Waals surface area contributed by atoms with Crippen LogP contribution < -0.4 is 0 Å². The first-order valence-electron chi connectivity index (χ1n) is 5.66. The molecule has 0 heterocycles. The summed E-state index contributed by atoms with van der Waals surface area (Å²) in [4.78, 5) is 0. The van der Waals surface area contributed by atoms with Gasteiger partial charge in [-0.05, 0) is 36.5 Å². The molecular formula is C12H24. The molecule has 0 aromatic rings. The molecule has 12 heavy (non-hydrogen) atoms. The van der Waals surface area contributed by atoms with Gasteiger partial charge in [0.25, 0.3) is 0 Å². The van der Waals surface area contributed by atoms with Gasteiger partial charge in [-0.15, -0.1) is 0 Å². The van der Waals surface area contributed by atoms with Crippen molar-refractivity contribution in [2.24, 2.45) is 23.7 Å². The monoisotopic (exact) mass is 168 g/mol. The van der Waals surface area contributed by atoms with Crippen LogP contribution in [0.5, 0.6) is 0 Å². The quantitative estimate of drug-likeness (QED) is 0.595. The fraction of sp³-hybridized carbons (Fsp3) is 1.00. The van der Waals surface area contributed by atoms with E-state index >= 15 is 0 Å². The maximum absolute atomic E-state index is 2.47.